The van der Waals surface area contributed by atoms with Crippen molar-refractivity contribution in [2.24, 2.45) is 0 Å². The molecule has 2 aromatic heterocycles. The van der Waals surface area contributed by atoms with Gasteiger partial charge in [0, 0.05) is 10.9 Å². The number of oxazole rings is 1. The molecule has 152 valence electrons. The number of hydrogen-bond donors (Lipinski definition) is 2. The van der Waals surface area contributed by atoms with Crippen molar-refractivity contribution >= 4 is 40.0 Å². The van der Waals surface area contributed by atoms with Gasteiger partial charge in [-0.05, 0) is 24.3 Å². The lowest BCUT2D eigenvalue weighted by molar-refractivity contribution is 0.0699. The lowest BCUT2D eigenvalue weighted by Crippen LogP contribution is -2.14. The van der Waals surface area contributed by atoms with Crippen molar-refractivity contribution < 1.29 is 32.6 Å². The minimum Gasteiger partial charge on any atom is -0.491 e. The maximum Gasteiger partial charge on any atom is 0.339 e. The lowest BCUT2D eigenvalue weighted by Gasteiger charge is -2.09. The average Bonchev–Trinajstić information content (AvgIpc) is 3.32. The van der Waals surface area contributed by atoms with Gasteiger partial charge in [0.15, 0.2) is 23.0 Å². The number of aromatic carboxylic acids is 1. The first kappa shape index (κ1) is 19.5. The molecule has 4 rings (SSSR count). The minimum atomic E-state index is -1.40. The summed E-state index contributed by atoms with van der Waals surface area (Å²) in [5.74, 6) is -5.02. The number of methoxy groups -OCH3 is 1. The zero-order valence-corrected chi connectivity index (χ0v) is 16.0. The van der Waals surface area contributed by atoms with Crippen molar-refractivity contribution in [3.63, 3.8) is 0 Å². The SMILES string of the molecule is COc1c(F)ccc(-c2scc(NC(=O)c3nc4ccccc4o3)c2C(=O)O)c1F. The van der Waals surface area contributed by atoms with Crippen molar-refractivity contribution in [3.8, 4) is 16.2 Å². The number of anilines is 1. The van der Waals surface area contributed by atoms with Crippen LogP contribution in [0.5, 0.6) is 5.75 Å². The Morgan fingerprint density at radius 1 is 1.20 bits per heavy atom. The van der Waals surface area contributed by atoms with Crippen LogP contribution in [0.15, 0.2) is 46.2 Å². The zero-order valence-electron chi connectivity index (χ0n) is 15.2. The van der Waals surface area contributed by atoms with Gasteiger partial charge < -0.3 is 19.6 Å². The average molecular weight is 430 g/mol. The largest absolute Gasteiger partial charge is 0.491 e. The van der Waals surface area contributed by atoms with Gasteiger partial charge in [-0.1, -0.05) is 12.1 Å². The molecule has 0 fully saturated rings. The Morgan fingerprint density at radius 3 is 2.67 bits per heavy atom. The molecule has 0 aliphatic carbocycles. The van der Waals surface area contributed by atoms with Crippen LogP contribution >= 0.6 is 11.3 Å². The molecular weight excluding hydrogens is 418 g/mol. The second kappa shape index (κ2) is 7.56. The maximum atomic E-state index is 14.7. The number of thiophene rings is 1. The van der Waals surface area contributed by atoms with E-state index in [4.69, 9.17) is 9.15 Å². The number of carbonyl (C=O) groups excluding carboxylic acids is 1. The molecule has 0 spiro atoms. The molecule has 0 aliphatic rings. The summed E-state index contributed by atoms with van der Waals surface area (Å²) in [5, 5.41) is 13.4. The second-order valence-electron chi connectivity index (χ2n) is 6.04. The van der Waals surface area contributed by atoms with Crippen LogP contribution < -0.4 is 10.1 Å². The number of carboxylic acids is 1. The van der Waals surface area contributed by atoms with Crippen LogP contribution in [-0.2, 0) is 0 Å². The van der Waals surface area contributed by atoms with Crippen LogP contribution in [0.25, 0.3) is 21.5 Å². The Labute approximate surface area is 171 Å². The first-order chi connectivity index (χ1) is 14.4. The third-order valence-electron chi connectivity index (χ3n) is 4.24. The van der Waals surface area contributed by atoms with E-state index in [0.29, 0.717) is 11.1 Å². The van der Waals surface area contributed by atoms with E-state index in [-0.39, 0.29) is 27.6 Å². The number of carbonyl (C=O) groups is 2. The van der Waals surface area contributed by atoms with Gasteiger partial charge in [-0.25, -0.2) is 18.6 Å². The molecule has 0 saturated heterocycles. The van der Waals surface area contributed by atoms with E-state index >= 15 is 0 Å². The minimum absolute atomic E-state index is 0.00818. The highest BCUT2D eigenvalue weighted by atomic mass is 32.1. The smallest absolute Gasteiger partial charge is 0.339 e. The van der Waals surface area contributed by atoms with Crippen LogP contribution in [0.4, 0.5) is 14.5 Å². The summed E-state index contributed by atoms with van der Waals surface area (Å²) in [4.78, 5) is 28.4. The summed E-state index contributed by atoms with van der Waals surface area (Å²) in [5.41, 5.74) is 0.271. The van der Waals surface area contributed by atoms with Gasteiger partial charge >= 0.3 is 11.9 Å². The molecule has 0 bridgehead atoms. The first-order valence-electron chi connectivity index (χ1n) is 8.44. The summed E-state index contributed by atoms with van der Waals surface area (Å²) in [6.07, 6.45) is 0. The van der Waals surface area contributed by atoms with Crippen LogP contribution in [0, 0.1) is 11.6 Å². The summed E-state index contributed by atoms with van der Waals surface area (Å²) >= 11 is 0.874. The van der Waals surface area contributed by atoms with Crippen molar-refractivity contribution in [1.82, 2.24) is 4.98 Å². The summed E-state index contributed by atoms with van der Waals surface area (Å²) < 4.78 is 38.4. The summed E-state index contributed by atoms with van der Waals surface area (Å²) in [6.45, 7) is 0. The molecule has 0 atom stereocenters. The normalized spacial score (nSPS) is 10.9. The number of amides is 1. The Balaban J connectivity index is 1.73. The Hall–Kier alpha value is -3.79. The molecule has 7 nitrogen and oxygen atoms in total. The monoisotopic (exact) mass is 430 g/mol. The Morgan fingerprint density at radius 2 is 1.97 bits per heavy atom. The number of para-hydroxylation sites is 2. The van der Waals surface area contributed by atoms with Crippen LogP contribution in [0.3, 0.4) is 0 Å². The van der Waals surface area contributed by atoms with Crippen LogP contribution in [-0.4, -0.2) is 29.1 Å². The number of hydrogen-bond acceptors (Lipinski definition) is 6. The number of benzene rings is 2. The number of ether oxygens (including phenoxy) is 1. The molecule has 2 aromatic carbocycles. The third-order valence-corrected chi connectivity index (χ3v) is 5.25. The Kier molecular flexibility index (Phi) is 4.92. The molecule has 10 heteroatoms. The van der Waals surface area contributed by atoms with Crippen molar-refractivity contribution in [3.05, 3.63) is 64.9 Å². The predicted molar refractivity (Wildman–Crippen MR) is 105 cm³/mol. The van der Waals surface area contributed by atoms with E-state index in [1.165, 1.54) is 5.38 Å². The van der Waals surface area contributed by atoms with Gasteiger partial charge in [-0.3, -0.25) is 4.79 Å². The van der Waals surface area contributed by atoms with E-state index in [2.05, 4.69) is 10.3 Å². The summed E-state index contributed by atoms with van der Waals surface area (Å²) in [6, 6.07) is 8.82. The van der Waals surface area contributed by atoms with Crippen LogP contribution in [0.1, 0.15) is 21.0 Å². The molecule has 0 unspecified atom stereocenters. The Bertz CT molecular complexity index is 1260. The second-order valence-corrected chi connectivity index (χ2v) is 6.92. The molecule has 30 heavy (non-hydrogen) atoms. The first-order valence-corrected chi connectivity index (χ1v) is 9.32. The van der Waals surface area contributed by atoms with Gasteiger partial charge in [-0.2, -0.15) is 0 Å². The van der Waals surface area contributed by atoms with Crippen molar-refractivity contribution in [1.29, 1.82) is 0 Å². The molecule has 2 N–H and O–H groups in total. The number of nitrogens with one attached hydrogen (secondary N) is 1. The highest BCUT2D eigenvalue weighted by Crippen LogP contribution is 2.40. The van der Waals surface area contributed by atoms with E-state index in [1.807, 2.05) is 0 Å². The van der Waals surface area contributed by atoms with Gasteiger partial charge in [0.2, 0.25) is 0 Å². The van der Waals surface area contributed by atoms with Gasteiger partial charge in [0.05, 0.1) is 17.7 Å². The lowest BCUT2D eigenvalue weighted by atomic mass is 10.1. The fourth-order valence-electron chi connectivity index (χ4n) is 2.90. The molecule has 2 heterocycles. The molecule has 0 saturated carbocycles. The van der Waals surface area contributed by atoms with E-state index in [9.17, 15) is 23.5 Å². The molecule has 0 aliphatic heterocycles. The maximum absolute atomic E-state index is 14.7. The molecule has 4 aromatic rings. The highest BCUT2D eigenvalue weighted by molar-refractivity contribution is 7.14. The molecule has 0 radical (unpaired) electrons. The fourth-order valence-corrected chi connectivity index (χ4v) is 3.91. The van der Waals surface area contributed by atoms with E-state index in [0.717, 1.165) is 30.6 Å². The molecular formula is C20H12F2N2O5S. The molecule has 1 amide bonds. The standard InChI is InChI=1S/C20H12F2N2O5S/c1-28-16-10(21)7-6-9(15(16)22)17-14(20(26)27)12(8-30-17)23-18(25)19-24-11-4-2-3-5-13(11)29-19/h2-8H,1H3,(H,23,25)(H,26,27). The quantitative estimate of drug-likeness (QED) is 0.472. The van der Waals surface area contributed by atoms with Crippen molar-refractivity contribution in [2.45, 2.75) is 0 Å². The fraction of sp³-hybridized carbons (Fsp3) is 0.0500. The van der Waals surface area contributed by atoms with E-state index < -0.39 is 29.3 Å². The number of carboxylic acid groups (broad SMARTS) is 1. The number of rotatable bonds is 5. The number of fused-ring (bicyclic) bond motifs is 1. The third kappa shape index (κ3) is 3.26. The summed E-state index contributed by atoms with van der Waals surface area (Å²) in [7, 11) is 1.10. The van der Waals surface area contributed by atoms with E-state index in [1.54, 1.807) is 24.3 Å². The number of nitrogens with zero attached hydrogens (tertiary/aromatic N) is 1. The van der Waals surface area contributed by atoms with Gasteiger partial charge in [-0.15, -0.1) is 11.3 Å². The number of halogens is 2. The van der Waals surface area contributed by atoms with Crippen molar-refractivity contribution in [2.75, 3.05) is 12.4 Å². The number of aromatic nitrogens is 1. The highest BCUT2D eigenvalue weighted by Gasteiger charge is 2.26. The zero-order chi connectivity index (χ0) is 21.4. The predicted octanol–water partition coefficient (Wildman–Crippen LogP) is 4.79. The van der Waals surface area contributed by atoms with Gasteiger partial charge in [0.25, 0.3) is 5.89 Å². The van der Waals surface area contributed by atoms with Crippen LogP contribution in [0.2, 0.25) is 0 Å². The van der Waals surface area contributed by atoms with Gasteiger partial charge in [0.1, 0.15) is 11.1 Å². The topological polar surface area (TPSA) is 102 Å².